The Morgan fingerprint density at radius 2 is 2.00 bits per heavy atom. The van der Waals surface area contributed by atoms with Gasteiger partial charge in [-0.1, -0.05) is 0 Å². The molecule has 0 aliphatic carbocycles. The Morgan fingerprint density at radius 1 is 1.16 bits per heavy atom. The maximum absolute atomic E-state index is 13.6. The minimum atomic E-state index is -0.371. The van der Waals surface area contributed by atoms with Crippen molar-refractivity contribution >= 4 is 21.1 Å². The van der Waals surface area contributed by atoms with Crippen LogP contribution in [0.1, 0.15) is 28.2 Å². The smallest absolute Gasteiger partial charge is 0.275 e. The van der Waals surface area contributed by atoms with E-state index in [4.69, 9.17) is 14.0 Å². The van der Waals surface area contributed by atoms with E-state index in [1.807, 2.05) is 24.3 Å². The van der Waals surface area contributed by atoms with Crippen molar-refractivity contribution < 1.29 is 18.8 Å². The third kappa shape index (κ3) is 4.18. The van der Waals surface area contributed by atoms with Gasteiger partial charge in [0, 0.05) is 30.4 Å². The number of hydrogen-bond acceptors (Lipinski definition) is 6. The number of nitrogens with zero attached hydrogens (tertiary/aromatic N) is 3. The minimum absolute atomic E-state index is 0.125. The van der Waals surface area contributed by atoms with Crippen LogP contribution in [0.3, 0.4) is 0 Å². The summed E-state index contributed by atoms with van der Waals surface area (Å²) in [6, 6.07) is 10.5. The molecule has 1 unspecified atom stereocenters. The number of carbonyl (C=O) groups is 1. The van der Waals surface area contributed by atoms with Crippen LogP contribution in [-0.2, 0) is 13.0 Å². The molecule has 8 nitrogen and oxygen atoms in total. The molecule has 3 aromatic rings. The molecule has 1 aromatic carbocycles. The zero-order valence-corrected chi connectivity index (χ0v) is 19.1. The van der Waals surface area contributed by atoms with Gasteiger partial charge in [-0.15, -0.1) is 0 Å². The van der Waals surface area contributed by atoms with Crippen LogP contribution >= 0.6 is 9.47 Å². The topological polar surface area (TPSA) is 82.9 Å². The van der Waals surface area contributed by atoms with E-state index in [0.29, 0.717) is 24.6 Å². The Labute approximate surface area is 188 Å². The summed E-state index contributed by atoms with van der Waals surface area (Å²) in [5, 5.41) is 0. The summed E-state index contributed by atoms with van der Waals surface area (Å²) in [6.07, 6.45) is 4.89. The quantitative estimate of drug-likeness (QED) is 0.534. The lowest BCUT2D eigenvalue weighted by Gasteiger charge is -2.29. The number of fused-ring (bicyclic) bond motifs is 1. The predicted octanol–water partition coefficient (Wildman–Crippen LogP) is 3.07. The van der Waals surface area contributed by atoms with Gasteiger partial charge in [-0.25, -0.2) is 0 Å². The maximum atomic E-state index is 13.6. The van der Waals surface area contributed by atoms with Crippen molar-refractivity contribution in [3.8, 4) is 17.2 Å². The van der Waals surface area contributed by atoms with Crippen molar-refractivity contribution in [1.82, 2.24) is 9.55 Å². The summed E-state index contributed by atoms with van der Waals surface area (Å²) < 4.78 is 17.6. The summed E-state index contributed by atoms with van der Waals surface area (Å²) >= 11 is 0. The van der Waals surface area contributed by atoms with E-state index in [1.165, 1.54) is 6.07 Å². The summed E-state index contributed by atoms with van der Waals surface area (Å²) in [6.45, 7) is 0.850. The molecule has 1 aliphatic heterocycles. The average Bonchev–Trinajstić information content (AvgIpc) is 2.84. The van der Waals surface area contributed by atoms with E-state index >= 15 is 0 Å². The van der Waals surface area contributed by atoms with Crippen LogP contribution in [0.15, 0.2) is 53.6 Å². The van der Waals surface area contributed by atoms with Gasteiger partial charge in [0.15, 0.2) is 5.75 Å². The third-order valence-electron chi connectivity index (χ3n) is 5.47. The highest BCUT2D eigenvalue weighted by Gasteiger charge is 2.27. The molecule has 2 aromatic heterocycles. The van der Waals surface area contributed by atoms with Crippen molar-refractivity contribution in [2.75, 3.05) is 25.7 Å². The van der Waals surface area contributed by atoms with Crippen molar-refractivity contribution in [1.29, 1.82) is 0 Å². The molecule has 0 spiro atoms. The van der Waals surface area contributed by atoms with Crippen LogP contribution in [0, 0.1) is 0 Å². The Bertz CT molecular complexity index is 1210. The Balaban J connectivity index is 1.78. The first-order valence-corrected chi connectivity index (χ1v) is 10.6. The van der Waals surface area contributed by atoms with E-state index < -0.39 is 0 Å². The lowest BCUT2D eigenvalue weighted by molar-refractivity contribution is 0.0975. The van der Waals surface area contributed by atoms with Gasteiger partial charge >= 0.3 is 0 Å². The van der Waals surface area contributed by atoms with Crippen LogP contribution in [0.25, 0.3) is 0 Å². The van der Waals surface area contributed by atoms with Gasteiger partial charge in [0.2, 0.25) is 5.43 Å². The Kier molecular flexibility index (Phi) is 6.42. The highest BCUT2D eigenvalue weighted by Crippen LogP contribution is 2.29. The molecule has 3 heterocycles. The number of rotatable bonds is 6. The fourth-order valence-electron chi connectivity index (χ4n) is 3.87. The summed E-state index contributed by atoms with van der Waals surface area (Å²) in [5.41, 5.74) is 2.36. The fourth-order valence-corrected chi connectivity index (χ4v) is 4.04. The van der Waals surface area contributed by atoms with Gasteiger partial charge in [-0.2, -0.15) is 0 Å². The first-order chi connectivity index (χ1) is 15.5. The maximum Gasteiger partial charge on any atom is 0.275 e. The number of anilines is 1. The van der Waals surface area contributed by atoms with Crippen molar-refractivity contribution in [2.45, 2.75) is 19.4 Å². The molecule has 166 valence electrons. The number of ether oxygens (including phenoxy) is 2. The Hall–Kier alpha value is -3.38. The molecule has 4 rings (SSSR count). The zero-order valence-electron chi connectivity index (χ0n) is 17.9. The average molecular weight is 453 g/mol. The minimum Gasteiger partial charge on any atom is -0.497 e. The number of pyridine rings is 2. The van der Waals surface area contributed by atoms with E-state index in [9.17, 15) is 9.59 Å². The molecule has 9 heteroatoms. The lowest BCUT2D eigenvalue weighted by Crippen LogP contribution is -2.38. The van der Waals surface area contributed by atoms with E-state index in [1.54, 1.807) is 42.1 Å². The monoisotopic (exact) mass is 453 g/mol. The van der Waals surface area contributed by atoms with E-state index in [2.05, 4.69) is 14.5 Å². The zero-order chi connectivity index (χ0) is 22.7. The number of aryl methyl sites for hydroxylation is 1. The number of benzene rings is 1. The number of amides is 1. The first-order valence-electron chi connectivity index (χ1n) is 10.1. The predicted molar refractivity (Wildman–Crippen MR) is 124 cm³/mol. The molecule has 0 N–H and O–H groups in total. The van der Waals surface area contributed by atoms with Crippen molar-refractivity contribution in [2.24, 2.45) is 0 Å². The van der Waals surface area contributed by atoms with Gasteiger partial charge in [0.25, 0.3) is 5.91 Å². The third-order valence-corrected chi connectivity index (χ3v) is 5.73. The van der Waals surface area contributed by atoms with Crippen LogP contribution in [0.4, 0.5) is 5.69 Å². The Morgan fingerprint density at radius 3 is 2.75 bits per heavy atom. The molecule has 0 fully saturated rings. The van der Waals surface area contributed by atoms with Crippen LogP contribution < -0.4 is 24.3 Å². The normalized spacial score (nSPS) is 12.8. The molecule has 0 saturated carbocycles. The molecule has 0 saturated heterocycles. The van der Waals surface area contributed by atoms with Crippen molar-refractivity contribution in [3.05, 3.63) is 76.0 Å². The SMILES string of the molecule is COc1ccc(Cn2cc(OP)c(=O)cc2C(=O)N2CCCc3ncccc32)c(OC)c1. The molecule has 0 radical (unpaired) electrons. The van der Waals surface area contributed by atoms with Gasteiger partial charge in [-0.05, 0) is 37.1 Å². The summed E-state index contributed by atoms with van der Waals surface area (Å²) in [7, 11) is 5.23. The number of carbonyl (C=O) groups excluding carboxylic acids is 1. The number of aromatic nitrogens is 2. The molecule has 1 amide bonds. The lowest BCUT2D eigenvalue weighted by atomic mass is 10.1. The van der Waals surface area contributed by atoms with Crippen molar-refractivity contribution in [3.63, 3.8) is 0 Å². The fraction of sp³-hybridized carbons (Fsp3) is 0.261. The second-order valence-corrected chi connectivity index (χ2v) is 7.58. The van der Waals surface area contributed by atoms with Crippen LogP contribution in [-0.4, -0.2) is 36.2 Å². The molecule has 32 heavy (non-hydrogen) atoms. The molecular formula is C23H24N3O5P. The van der Waals surface area contributed by atoms with Gasteiger partial charge in [0.1, 0.15) is 17.2 Å². The highest BCUT2D eigenvalue weighted by molar-refractivity contribution is 7.10. The number of methoxy groups -OCH3 is 2. The van der Waals surface area contributed by atoms with Gasteiger partial charge in [0.05, 0.1) is 47.8 Å². The van der Waals surface area contributed by atoms with E-state index in [-0.39, 0.29) is 22.8 Å². The van der Waals surface area contributed by atoms with Crippen LogP contribution in [0.2, 0.25) is 0 Å². The first kappa shape index (κ1) is 21.8. The highest BCUT2D eigenvalue weighted by atomic mass is 31.0. The van der Waals surface area contributed by atoms with Crippen LogP contribution in [0.5, 0.6) is 17.2 Å². The second kappa shape index (κ2) is 9.40. The van der Waals surface area contributed by atoms with Gasteiger partial charge < -0.3 is 23.5 Å². The van der Waals surface area contributed by atoms with Gasteiger partial charge in [-0.3, -0.25) is 14.6 Å². The molecular weight excluding hydrogens is 429 g/mol. The second-order valence-electron chi connectivity index (χ2n) is 7.34. The molecule has 1 aliphatic rings. The number of hydrogen-bond donors (Lipinski definition) is 0. The van der Waals surface area contributed by atoms with E-state index in [0.717, 1.165) is 29.8 Å². The standard InChI is InChI=1S/C23H24N3O5P/c1-29-16-8-7-15(21(11-16)30-2)13-25-14-22(31-32)20(27)12-19(25)23(28)26-10-4-5-17-18(26)6-3-9-24-17/h3,6-9,11-12,14H,4-5,10,13,32H2,1-2H3. The summed E-state index contributed by atoms with van der Waals surface area (Å²) in [4.78, 5) is 32.3. The molecule has 0 bridgehead atoms. The molecule has 1 atom stereocenters. The largest absolute Gasteiger partial charge is 0.497 e. The summed E-state index contributed by atoms with van der Waals surface area (Å²) in [5.74, 6) is 1.13.